The van der Waals surface area contributed by atoms with E-state index in [1.165, 1.54) is 0 Å². The highest BCUT2D eigenvalue weighted by molar-refractivity contribution is 5.76. The van der Waals surface area contributed by atoms with E-state index in [0.717, 1.165) is 25.8 Å². The van der Waals surface area contributed by atoms with Crippen LogP contribution in [0.4, 0.5) is 0 Å². The average molecular weight is 304 g/mol. The zero-order valence-corrected chi connectivity index (χ0v) is 12.4. The number of rotatable bonds is 5. The number of hydrogen-bond donors (Lipinski definition) is 1. The Labute approximate surface area is 128 Å². The molecule has 0 aliphatic carbocycles. The molecular formula is C15H20N4O3. The Bertz CT molecular complexity index is 608. The zero-order chi connectivity index (χ0) is 15.4. The van der Waals surface area contributed by atoms with Gasteiger partial charge in [-0.05, 0) is 31.4 Å². The second-order valence-corrected chi connectivity index (χ2v) is 5.46. The Morgan fingerprint density at radius 2 is 2.36 bits per heavy atom. The number of aromatic nitrogens is 2. The first kappa shape index (κ1) is 14.8. The fourth-order valence-electron chi connectivity index (χ4n) is 2.79. The molecule has 7 heteroatoms. The summed E-state index contributed by atoms with van der Waals surface area (Å²) in [6.45, 7) is 1.32. The van der Waals surface area contributed by atoms with E-state index in [1.807, 2.05) is 4.90 Å². The second kappa shape index (κ2) is 6.74. The third-order valence-corrected chi connectivity index (χ3v) is 3.98. The fraction of sp³-hybridized carbons (Fsp3) is 0.533. The summed E-state index contributed by atoms with van der Waals surface area (Å²) < 4.78 is 10.4. The number of carbonyl (C=O) groups is 1. The molecule has 0 bridgehead atoms. The number of hydrogen-bond acceptors (Lipinski definition) is 6. The lowest BCUT2D eigenvalue weighted by Crippen LogP contribution is -2.47. The van der Waals surface area contributed by atoms with Crippen LogP contribution in [-0.4, -0.2) is 40.1 Å². The van der Waals surface area contributed by atoms with Crippen molar-refractivity contribution in [2.75, 3.05) is 13.1 Å². The number of nitrogens with two attached hydrogens (primary N) is 1. The van der Waals surface area contributed by atoms with Crippen LogP contribution in [0.3, 0.4) is 0 Å². The van der Waals surface area contributed by atoms with Crippen molar-refractivity contribution >= 4 is 5.91 Å². The van der Waals surface area contributed by atoms with Gasteiger partial charge in [0.05, 0.1) is 6.26 Å². The number of amides is 1. The van der Waals surface area contributed by atoms with Crippen molar-refractivity contribution in [1.82, 2.24) is 15.0 Å². The Hall–Kier alpha value is -2.15. The molecule has 1 fully saturated rings. The lowest BCUT2D eigenvalue weighted by atomic mass is 10.0. The molecule has 2 N–H and O–H groups in total. The SMILES string of the molecule is NCC1CCCCN1C(=O)CCc1nc(-c2ccco2)no1. The van der Waals surface area contributed by atoms with Crippen LogP contribution < -0.4 is 5.73 Å². The standard InChI is InChI=1S/C15H20N4O3/c16-10-11-4-1-2-8-19(11)14(20)7-6-13-17-15(18-22-13)12-5-3-9-21-12/h3,5,9,11H,1-2,4,6-8,10,16H2. The van der Waals surface area contributed by atoms with Crippen molar-refractivity contribution in [2.45, 2.75) is 38.1 Å². The van der Waals surface area contributed by atoms with Crippen LogP contribution in [0.15, 0.2) is 27.3 Å². The summed E-state index contributed by atoms with van der Waals surface area (Å²) in [5.41, 5.74) is 5.75. The maximum Gasteiger partial charge on any atom is 0.238 e. The normalized spacial score (nSPS) is 18.6. The first-order valence-electron chi connectivity index (χ1n) is 7.64. The summed E-state index contributed by atoms with van der Waals surface area (Å²) in [7, 11) is 0. The van der Waals surface area contributed by atoms with Crippen molar-refractivity contribution in [3.8, 4) is 11.6 Å². The van der Waals surface area contributed by atoms with Gasteiger partial charge in [-0.2, -0.15) is 4.98 Å². The highest BCUT2D eigenvalue weighted by Crippen LogP contribution is 2.19. The number of likely N-dealkylation sites (tertiary alicyclic amines) is 1. The highest BCUT2D eigenvalue weighted by Gasteiger charge is 2.25. The lowest BCUT2D eigenvalue weighted by molar-refractivity contribution is -0.134. The molecule has 22 heavy (non-hydrogen) atoms. The lowest BCUT2D eigenvalue weighted by Gasteiger charge is -2.35. The average Bonchev–Trinajstić information content (AvgIpc) is 3.23. The Kier molecular flexibility index (Phi) is 4.53. The van der Waals surface area contributed by atoms with E-state index in [4.69, 9.17) is 14.7 Å². The molecule has 1 saturated heterocycles. The maximum atomic E-state index is 12.3. The molecule has 1 aliphatic rings. The first-order chi connectivity index (χ1) is 10.8. The van der Waals surface area contributed by atoms with Gasteiger partial charge in [0.2, 0.25) is 17.6 Å². The van der Waals surface area contributed by atoms with Gasteiger partial charge in [-0.1, -0.05) is 5.16 Å². The molecule has 0 saturated carbocycles. The van der Waals surface area contributed by atoms with Gasteiger partial charge in [0, 0.05) is 32.0 Å². The molecule has 1 unspecified atom stereocenters. The second-order valence-electron chi connectivity index (χ2n) is 5.46. The fourth-order valence-corrected chi connectivity index (χ4v) is 2.79. The molecule has 118 valence electrons. The Balaban J connectivity index is 1.57. The maximum absolute atomic E-state index is 12.3. The molecule has 1 atom stereocenters. The Morgan fingerprint density at radius 1 is 1.45 bits per heavy atom. The predicted octanol–water partition coefficient (Wildman–Crippen LogP) is 1.60. The first-order valence-corrected chi connectivity index (χ1v) is 7.64. The summed E-state index contributed by atoms with van der Waals surface area (Å²) in [6.07, 6.45) is 5.52. The monoisotopic (exact) mass is 304 g/mol. The van der Waals surface area contributed by atoms with Gasteiger partial charge in [-0.15, -0.1) is 0 Å². The highest BCUT2D eigenvalue weighted by atomic mass is 16.5. The molecule has 2 aromatic rings. The van der Waals surface area contributed by atoms with Crippen LogP contribution in [-0.2, 0) is 11.2 Å². The summed E-state index contributed by atoms with van der Waals surface area (Å²) in [6, 6.07) is 3.69. The third-order valence-electron chi connectivity index (χ3n) is 3.98. The zero-order valence-electron chi connectivity index (χ0n) is 12.4. The van der Waals surface area contributed by atoms with Crippen LogP contribution >= 0.6 is 0 Å². The molecular weight excluding hydrogens is 284 g/mol. The van der Waals surface area contributed by atoms with E-state index < -0.39 is 0 Å². The molecule has 3 heterocycles. The molecule has 3 rings (SSSR count). The molecule has 1 aliphatic heterocycles. The molecule has 7 nitrogen and oxygen atoms in total. The van der Waals surface area contributed by atoms with Gasteiger partial charge in [0.25, 0.3) is 0 Å². The minimum absolute atomic E-state index is 0.105. The largest absolute Gasteiger partial charge is 0.461 e. The summed E-state index contributed by atoms with van der Waals surface area (Å²) in [4.78, 5) is 18.5. The van der Waals surface area contributed by atoms with Crippen LogP contribution in [0.2, 0.25) is 0 Å². The van der Waals surface area contributed by atoms with Gasteiger partial charge >= 0.3 is 0 Å². The van der Waals surface area contributed by atoms with Crippen LogP contribution in [0.25, 0.3) is 11.6 Å². The number of nitrogens with zero attached hydrogens (tertiary/aromatic N) is 3. The van der Waals surface area contributed by atoms with Gasteiger partial charge in [0.1, 0.15) is 0 Å². The van der Waals surface area contributed by atoms with Crippen LogP contribution in [0.1, 0.15) is 31.6 Å². The molecule has 1 amide bonds. The van der Waals surface area contributed by atoms with Crippen LogP contribution in [0.5, 0.6) is 0 Å². The van der Waals surface area contributed by atoms with Crippen LogP contribution in [0, 0.1) is 0 Å². The van der Waals surface area contributed by atoms with Gasteiger partial charge in [0.15, 0.2) is 5.76 Å². The molecule has 0 spiro atoms. The summed E-state index contributed by atoms with van der Waals surface area (Å²) in [5.74, 6) is 1.51. The van der Waals surface area contributed by atoms with Crippen molar-refractivity contribution in [3.63, 3.8) is 0 Å². The Morgan fingerprint density at radius 3 is 3.14 bits per heavy atom. The van der Waals surface area contributed by atoms with Gasteiger partial charge in [-0.25, -0.2) is 0 Å². The van der Waals surface area contributed by atoms with E-state index in [2.05, 4.69) is 10.1 Å². The summed E-state index contributed by atoms with van der Waals surface area (Å²) >= 11 is 0. The van der Waals surface area contributed by atoms with Crippen molar-refractivity contribution in [3.05, 3.63) is 24.3 Å². The van der Waals surface area contributed by atoms with Crippen molar-refractivity contribution < 1.29 is 13.7 Å². The quantitative estimate of drug-likeness (QED) is 0.901. The summed E-state index contributed by atoms with van der Waals surface area (Å²) in [5, 5.41) is 3.86. The third kappa shape index (κ3) is 3.19. The van der Waals surface area contributed by atoms with E-state index in [0.29, 0.717) is 36.9 Å². The number of furan rings is 1. The van der Waals surface area contributed by atoms with Crippen molar-refractivity contribution in [2.24, 2.45) is 5.73 Å². The van der Waals surface area contributed by atoms with E-state index in [-0.39, 0.29) is 11.9 Å². The smallest absolute Gasteiger partial charge is 0.238 e. The van der Waals surface area contributed by atoms with E-state index >= 15 is 0 Å². The number of piperidine rings is 1. The minimum atomic E-state index is 0.105. The van der Waals surface area contributed by atoms with Crippen molar-refractivity contribution in [1.29, 1.82) is 0 Å². The van der Waals surface area contributed by atoms with Gasteiger partial charge in [-0.3, -0.25) is 4.79 Å². The van der Waals surface area contributed by atoms with E-state index in [9.17, 15) is 4.79 Å². The van der Waals surface area contributed by atoms with Gasteiger partial charge < -0.3 is 19.6 Å². The van der Waals surface area contributed by atoms with E-state index in [1.54, 1.807) is 18.4 Å². The minimum Gasteiger partial charge on any atom is -0.461 e. The topological polar surface area (TPSA) is 98.4 Å². The predicted molar refractivity (Wildman–Crippen MR) is 78.7 cm³/mol. The number of carbonyl (C=O) groups excluding carboxylic acids is 1. The number of aryl methyl sites for hydroxylation is 1. The molecule has 2 aromatic heterocycles. The molecule has 0 radical (unpaired) electrons. The molecule has 0 aromatic carbocycles.